The highest BCUT2D eigenvalue weighted by Gasteiger charge is 2.10. The van der Waals surface area contributed by atoms with Gasteiger partial charge in [0.15, 0.2) is 0 Å². The third kappa shape index (κ3) is 3.97. The summed E-state index contributed by atoms with van der Waals surface area (Å²) >= 11 is 0. The van der Waals surface area contributed by atoms with Crippen molar-refractivity contribution < 1.29 is 14.6 Å². The van der Waals surface area contributed by atoms with E-state index in [2.05, 4.69) is 4.74 Å². The van der Waals surface area contributed by atoms with Crippen LogP contribution in [0.5, 0.6) is 0 Å². The lowest BCUT2D eigenvalue weighted by molar-refractivity contribution is -0.150. The number of aliphatic hydroxyl groups is 1. The summed E-state index contributed by atoms with van der Waals surface area (Å²) in [6.07, 6.45) is -0.989. The van der Waals surface area contributed by atoms with Crippen molar-refractivity contribution in [3.63, 3.8) is 0 Å². The molecular formula is C6H12O3. The summed E-state index contributed by atoms with van der Waals surface area (Å²) in [7, 11) is 0. The molecule has 2 atom stereocenters. The first-order chi connectivity index (χ1) is 4.04. The molecule has 0 fully saturated rings. The number of hydrogen-bond acceptors (Lipinski definition) is 3. The van der Waals surface area contributed by atoms with Crippen LogP contribution in [0.4, 0.5) is 0 Å². The first kappa shape index (κ1) is 8.43. The highest BCUT2D eigenvalue weighted by atomic mass is 16.6. The van der Waals surface area contributed by atoms with Gasteiger partial charge in [-0.25, -0.2) is 0 Å². The molecule has 0 amide bonds. The van der Waals surface area contributed by atoms with Crippen LogP contribution in [0.25, 0.3) is 0 Å². The average molecular weight is 132 g/mol. The van der Waals surface area contributed by atoms with Crippen LogP contribution in [0.15, 0.2) is 0 Å². The second-order valence-electron chi connectivity index (χ2n) is 2.06. The van der Waals surface area contributed by atoms with Gasteiger partial charge in [-0.15, -0.1) is 0 Å². The van der Waals surface area contributed by atoms with Crippen LogP contribution in [0.2, 0.25) is 0 Å². The van der Waals surface area contributed by atoms with Crippen molar-refractivity contribution in [2.45, 2.75) is 33.0 Å². The fraction of sp³-hybridized carbons (Fsp3) is 0.833. The highest BCUT2D eigenvalue weighted by Crippen LogP contribution is 1.96. The van der Waals surface area contributed by atoms with Gasteiger partial charge in [0.1, 0.15) is 6.10 Å². The Balaban J connectivity index is 3.50. The standard InChI is InChI=1S/C6H12O3/c1-4(7)5(2)9-6(3)8/h4-5,7H,1-3H3/t4-,5-/m0/s1. The molecule has 9 heavy (non-hydrogen) atoms. The van der Waals surface area contributed by atoms with E-state index in [0.29, 0.717) is 0 Å². The minimum Gasteiger partial charge on any atom is -0.460 e. The molecule has 0 rings (SSSR count). The Kier molecular flexibility index (Phi) is 3.24. The van der Waals surface area contributed by atoms with Crippen LogP contribution >= 0.6 is 0 Å². The van der Waals surface area contributed by atoms with Gasteiger partial charge in [-0.1, -0.05) is 0 Å². The third-order valence-corrected chi connectivity index (χ3v) is 1.03. The number of ether oxygens (including phenoxy) is 1. The lowest BCUT2D eigenvalue weighted by Gasteiger charge is -2.13. The maximum atomic E-state index is 10.2. The summed E-state index contributed by atoms with van der Waals surface area (Å²) < 4.78 is 4.62. The summed E-state index contributed by atoms with van der Waals surface area (Å²) in [5.74, 6) is -0.358. The number of rotatable bonds is 2. The van der Waals surface area contributed by atoms with E-state index in [4.69, 9.17) is 5.11 Å². The van der Waals surface area contributed by atoms with Crippen molar-refractivity contribution in [1.29, 1.82) is 0 Å². The maximum absolute atomic E-state index is 10.2. The van der Waals surface area contributed by atoms with Gasteiger partial charge >= 0.3 is 5.97 Å². The number of hydrogen-bond donors (Lipinski definition) is 1. The molecule has 0 saturated heterocycles. The van der Waals surface area contributed by atoms with Crippen molar-refractivity contribution in [3.05, 3.63) is 0 Å². The van der Waals surface area contributed by atoms with Crippen LogP contribution in [0.1, 0.15) is 20.8 Å². The molecule has 0 aliphatic rings. The zero-order valence-electron chi connectivity index (χ0n) is 5.92. The molecule has 0 radical (unpaired) electrons. The van der Waals surface area contributed by atoms with Crippen LogP contribution < -0.4 is 0 Å². The molecule has 0 bridgehead atoms. The van der Waals surface area contributed by atoms with E-state index in [9.17, 15) is 4.79 Å². The van der Waals surface area contributed by atoms with Gasteiger partial charge in [0.05, 0.1) is 6.10 Å². The van der Waals surface area contributed by atoms with Gasteiger partial charge in [-0.2, -0.15) is 0 Å². The van der Waals surface area contributed by atoms with E-state index in [1.165, 1.54) is 6.92 Å². The molecule has 0 aliphatic heterocycles. The fourth-order valence-electron chi connectivity index (χ4n) is 0.360. The van der Waals surface area contributed by atoms with Crippen molar-refractivity contribution in [2.24, 2.45) is 0 Å². The predicted molar refractivity (Wildman–Crippen MR) is 32.9 cm³/mol. The first-order valence-electron chi connectivity index (χ1n) is 2.89. The SMILES string of the molecule is CC(=O)O[C@@H](C)[C@H](C)O. The van der Waals surface area contributed by atoms with Gasteiger partial charge in [0.2, 0.25) is 0 Å². The van der Waals surface area contributed by atoms with Gasteiger partial charge < -0.3 is 9.84 Å². The lowest BCUT2D eigenvalue weighted by Crippen LogP contribution is -2.24. The van der Waals surface area contributed by atoms with Gasteiger partial charge in [-0.05, 0) is 13.8 Å². The molecule has 0 spiro atoms. The van der Waals surface area contributed by atoms with E-state index in [0.717, 1.165) is 0 Å². The molecule has 0 aromatic rings. The minimum atomic E-state index is -0.589. The van der Waals surface area contributed by atoms with E-state index in [1.807, 2.05) is 0 Å². The van der Waals surface area contributed by atoms with Crippen LogP contribution in [0.3, 0.4) is 0 Å². The Morgan fingerprint density at radius 1 is 1.56 bits per heavy atom. The molecule has 0 saturated carbocycles. The van der Waals surface area contributed by atoms with Crippen molar-refractivity contribution in [1.82, 2.24) is 0 Å². The van der Waals surface area contributed by atoms with Gasteiger partial charge in [0, 0.05) is 6.92 Å². The Morgan fingerprint density at radius 2 is 2.00 bits per heavy atom. The van der Waals surface area contributed by atoms with E-state index >= 15 is 0 Å². The Labute approximate surface area is 54.6 Å². The van der Waals surface area contributed by atoms with Gasteiger partial charge in [0.25, 0.3) is 0 Å². The third-order valence-electron chi connectivity index (χ3n) is 1.03. The lowest BCUT2D eigenvalue weighted by atomic mass is 10.3. The molecular weight excluding hydrogens is 120 g/mol. The Hall–Kier alpha value is -0.570. The normalized spacial score (nSPS) is 16.4. The largest absolute Gasteiger partial charge is 0.460 e. The summed E-state index contributed by atoms with van der Waals surface area (Å²) in [5, 5.41) is 8.79. The summed E-state index contributed by atoms with van der Waals surface area (Å²) in [6, 6.07) is 0. The van der Waals surface area contributed by atoms with Gasteiger partial charge in [-0.3, -0.25) is 4.79 Å². The smallest absolute Gasteiger partial charge is 0.302 e. The van der Waals surface area contributed by atoms with Crippen LogP contribution in [0, 0.1) is 0 Å². The second kappa shape index (κ2) is 3.45. The van der Waals surface area contributed by atoms with Crippen molar-refractivity contribution in [3.8, 4) is 0 Å². The predicted octanol–water partition coefficient (Wildman–Crippen LogP) is 0.319. The average Bonchev–Trinajstić information content (AvgIpc) is 1.63. The van der Waals surface area contributed by atoms with Crippen LogP contribution in [-0.2, 0) is 9.53 Å². The molecule has 54 valence electrons. The van der Waals surface area contributed by atoms with E-state index in [1.54, 1.807) is 13.8 Å². The molecule has 0 unspecified atom stereocenters. The van der Waals surface area contributed by atoms with Crippen molar-refractivity contribution >= 4 is 5.97 Å². The summed E-state index contributed by atoms with van der Waals surface area (Å²) in [4.78, 5) is 10.2. The zero-order chi connectivity index (χ0) is 7.44. The molecule has 0 aliphatic carbocycles. The quantitative estimate of drug-likeness (QED) is 0.550. The van der Waals surface area contributed by atoms with E-state index < -0.39 is 12.2 Å². The summed E-state index contributed by atoms with van der Waals surface area (Å²) in [5.41, 5.74) is 0. The van der Waals surface area contributed by atoms with E-state index in [-0.39, 0.29) is 5.97 Å². The maximum Gasteiger partial charge on any atom is 0.302 e. The van der Waals surface area contributed by atoms with Crippen LogP contribution in [-0.4, -0.2) is 23.3 Å². The topological polar surface area (TPSA) is 46.5 Å². The fourth-order valence-corrected chi connectivity index (χ4v) is 0.360. The second-order valence-corrected chi connectivity index (χ2v) is 2.06. The summed E-state index contributed by atoms with van der Waals surface area (Å²) in [6.45, 7) is 4.54. The number of carbonyl (C=O) groups is 1. The zero-order valence-corrected chi connectivity index (χ0v) is 5.92. The molecule has 3 heteroatoms. The molecule has 3 nitrogen and oxygen atoms in total. The molecule has 0 aromatic heterocycles. The molecule has 1 N–H and O–H groups in total. The number of carbonyl (C=O) groups excluding carboxylic acids is 1. The molecule has 0 aromatic carbocycles. The number of esters is 1. The minimum absolute atomic E-state index is 0.358. The Bertz CT molecular complexity index is 98.5. The Morgan fingerprint density at radius 3 is 2.11 bits per heavy atom. The van der Waals surface area contributed by atoms with Crippen molar-refractivity contribution in [2.75, 3.05) is 0 Å². The monoisotopic (exact) mass is 132 g/mol. The highest BCUT2D eigenvalue weighted by molar-refractivity contribution is 5.66. The first-order valence-corrected chi connectivity index (χ1v) is 2.89. The molecule has 0 heterocycles. The number of aliphatic hydroxyl groups excluding tert-OH is 1.